The van der Waals surface area contributed by atoms with Gasteiger partial charge in [0.2, 0.25) is 6.43 Å². The van der Waals surface area contributed by atoms with Gasteiger partial charge in [-0.15, -0.1) is 0 Å². The summed E-state index contributed by atoms with van der Waals surface area (Å²) in [6.07, 6.45) is -2.47. The van der Waals surface area contributed by atoms with E-state index in [0.717, 1.165) is 0 Å². The van der Waals surface area contributed by atoms with Crippen molar-refractivity contribution in [1.82, 2.24) is 0 Å². The van der Waals surface area contributed by atoms with E-state index in [1.54, 1.807) is 24.3 Å². The van der Waals surface area contributed by atoms with E-state index >= 15 is 0 Å². The first-order chi connectivity index (χ1) is 5.18. The van der Waals surface area contributed by atoms with Gasteiger partial charge < -0.3 is 0 Å². The summed E-state index contributed by atoms with van der Waals surface area (Å²) in [4.78, 5) is 0. The summed E-state index contributed by atoms with van der Waals surface area (Å²) in [5, 5.41) is 0. The summed E-state index contributed by atoms with van der Waals surface area (Å²) in [7, 11) is 5.37. The molecule has 56 valence electrons. The molecule has 0 heterocycles. The first kappa shape index (κ1) is 8.24. The standard InChI is InChI=1S/C8H7BF2/c9-7-3-1-6(2-4-7)5-8(10)11/h1-4,8H,5H2. The monoisotopic (exact) mass is 152 g/mol. The van der Waals surface area contributed by atoms with Gasteiger partial charge in [-0.25, -0.2) is 8.78 Å². The molecule has 1 aromatic carbocycles. The molecule has 0 amide bonds. The van der Waals surface area contributed by atoms with Gasteiger partial charge in [0.1, 0.15) is 7.85 Å². The van der Waals surface area contributed by atoms with Gasteiger partial charge in [0.25, 0.3) is 0 Å². The van der Waals surface area contributed by atoms with Gasteiger partial charge in [-0.2, -0.15) is 0 Å². The third-order valence-corrected chi connectivity index (χ3v) is 1.37. The Hall–Kier alpha value is -0.855. The molecule has 1 aromatic rings. The first-order valence-corrected chi connectivity index (χ1v) is 3.31. The van der Waals surface area contributed by atoms with Crippen molar-refractivity contribution in [2.75, 3.05) is 0 Å². The van der Waals surface area contributed by atoms with Crippen molar-refractivity contribution in [1.29, 1.82) is 0 Å². The van der Waals surface area contributed by atoms with Gasteiger partial charge in [-0.1, -0.05) is 29.7 Å². The molecule has 0 unspecified atom stereocenters. The van der Waals surface area contributed by atoms with E-state index in [2.05, 4.69) is 0 Å². The lowest BCUT2D eigenvalue weighted by atomic mass is 9.95. The number of rotatable bonds is 2. The molecule has 3 heteroatoms. The Labute approximate surface area is 65.6 Å². The third kappa shape index (κ3) is 2.70. The molecule has 2 radical (unpaired) electrons. The predicted molar refractivity (Wildman–Crippen MR) is 41.5 cm³/mol. The molecule has 0 aliphatic rings. The number of hydrogen-bond donors (Lipinski definition) is 0. The molecule has 0 N–H and O–H groups in total. The molecule has 0 spiro atoms. The van der Waals surface area contributed by atoms with Crippen LogP contribution in [-0.2, 0) is 6.42 Å². The lowest BCUT2D eigenvalue weighted by Crippen LogP contribution is -2.02. The fraction of sp³-hybridized carbons (Fsp3) is 0.250. The maximum Gasteiger partial charge on any atom is 0.242 e. The highest BCUT2D eigenvalue weighted by atomic mass is 19.3. The van der Waals surface area contributed by atoms with Crippen LogP contribution in [0.1, 0.15) is 5.56 Å². The van der Waals surface area contributed by atoms with E-state index < -0.39 is 6.43 Å². The highest BCUT2D eigenvalue weighted by Crippen LogP contribution is 2.04. The second-order valence-electron chi connectivity index (χ2n) is 2.34. The van der Waals surface area contributed by atoms with Crippen molar-refractivity contribution in [3.05, 3.63) is 29.8 Å². The maximum absolute atomic E-state index is 11.8. The maximum atomic E-state index is 11.8. The van der Waals surface area contributed by atoms with Crippen LogP contribution in [0.3, 0.4) is 0 Å². The second kappa shape index (κ2) is 3.51. The zero-order valence-electron chi connectivity index (χ0n) is 5.93. The van der Waals surface area contributed by atoms with Crippen LogP contribution in [0.2, 0.25) is 0 Å². The summed E-state index contributed by atoms with van der Waals surface area (Å²) in [6, 6.07) is 6.47. The molecule has 0 saturated carbocycles. The Kier molecular flexibility index (Phi) is 2.63. The van der Waals surface area contributed by atoms with Crippen molar-refractivity contribution >= 4 is 13.3 Å². The van der Waals surface area contributed by atoms with Crippen LogP contribution in [-0.4, -0.2) is 14.3 Å². The largest absolute Gasteiger partial charge is 0.242 e. The molecule has 11 heavy (non-hydrogen) atoms. The summed E-state index contributed by atoms with van der Waals surface area (Å²) >= 11 is 0. The van der Waals surface area contributed by atoms with Gasteiger partial charge in [-0.3, -0.25) is 0 Å². The fourth-order valence-corrected chi connectivity index (χ4v) is 0.832. The highest BCUT2D eigenvalue weighted by Gasteiger charge is 2.02. The minimum Gasteiger partial charge on any atom is -0.210 e. The fourth-order valence-electron chi connectivity index (χ4n) is 0.832. The first-order valence-electron chi connectivity index (χ1n) is 3.31. The summed E-state index contributed by atoms with van der Waals surface area (Å²) in [5.74, 6) is 0. The smallest absolute Gasteiger partial charge is 0.210 e. The van der Waals surface area contributed by atoms with Crippen LogP contribution in [0.15, 0.2) is 24.3 Å². The number of hydrogen-bond acceptors (Lipinski definition) is 0. The van der Waals surface area contributed by atoms with E-state index in [-0.39, 0.29) is 6.42 Å². The zero-order chi connectivity index (χ0) is 8.27. The van der Waals surface area contributed by atoms with Crippen LogP contribution >= 0.6 is 0 Å². The quantitative estimate of drug-likeness (QED) is 0.560. The van der Waals surface area contributed by atoms with Crippen molar-refractivity contribution in [2.45, 2.75) is 12.8 Å². The SMILES string of the molecule is [B]c1ccc(CC(F)F)cc1. The molecule has 1 rings (SSSR count). The zero-order valence-corrected chi connectivity index (χ0v) is 5.93. The van der Waals surface area contributed by atoms with Gasteiger partial charge in [0.15, 0.2) is 0 Å². The van der Waals surface area contributed by atoms with E-state index in [1.165, 1.54) is 0 Å². The Morgan fingerprint density at radius 3 is 2.18 bits per heavy atom. The highest BCUT2D eigenvalue weighted by molar-refractivity contribution is 6.32. The average Bonchev–Trinajstić information content (AvgIpc) is 1.93. The van der Waals surface area contributed by atoms with Crippen LogP contribution in [0.5, 0.6) is 0 Å². The number of alkyl halides is 2. The van der Waals surface area contributed by atoms with Crippen LogP contribution < -0.4 is 5.46 Å². The predicted octanol–water partition coefficient (Wildman–Crippen LogP) is 1.29. The third-order valence-electron chi connectivity index (χ3n) is 1.37. The summed E-state index contributed by atoms with van der Waals surface area (Å²) in [5.41, 5.74) is 1.22. The van der Waals surface area contributed by atoms with Crippen molar-refractivity contribution < 1.29 is 8.78 Å². The van der Waals surface area contributed by atoms with E-state index in [0.29, 0.717) is 11.0 Å². The van der Waals surface area contributed by atoms with Gasteiger partial charge in [0.05, 0.1) is 0 Å². The molecule has 0 nitrogen and oxygen atoms in total. The van der Waals surface area contributed by atoms with Crippen LogP contribution in [0, 0.1) is 0 Å². The molecule has 0 bridgehead atoms. The molecular formula is C8H7BF2. The van der Waals surface area contributed by atoms with E-state index in [1.807, 2.05) is 0 Å². The Balaban J connectivity index is 2.66. The second-order valence-corrected chi connectivity index (χ2v) is 2.34. The van der Waals surface area contributed by atoms with Gasteiger partial charge in [-0.05, 0) is 5.56 Å². The Bertz CT molecular complexity index is 218. The minimum atomic E-state index is -2.28. The molecule has 0 atom stereocenters. The lowest BCUT2D eigenvalue weighted by molar-refractivity contribution is 0.149. The van der Waals surface area contributed by atoms with Crippen LogP contribution in [0.4, 0.5) is 8.78 Å². The molecule has 0 aliphatic heterocycles. The molecule has 0 fully saturated rings. The van der Waals surface area contributed by atoms with Crippen LogP contribution in [0.25, 0.3) is 0 Å². The summed E-state index contributed by atoms with van der Waals surface area (Å²) < 4.78 is 23.6. The van der Waals surface area contributed by atoms with E-state index in [4.69, 9.17) is 7.85 Å². The number of halogens is 2. The Morgan fingerprint density at radius 1 is 1.18 bits per heavy atom. The van der Waals surface area contributed by atoms with Crippen molar-refractivity contribution in [3.63, 3.8) is 0 Å². The molecule has 0 saturated heterocycles. The van der Waals surface area contributed by atoms with Gasteiger partial charge >= 0.3 is 0 Å². The van der Waals surface area contributed by atoms with Crippen molar-refractivity contribution in [3.8, 4) is 0 Å². The van der Waals surface area contributed by atoms with Gasteiger partial charge in [0, 0.05) is 6.42 Å². The molecular weight excluding hydrogens is 145 g/mol. The topological polar surface area (TPSA) is 0 Å². The van der Waals surface area contributed by atoms with E-state index in [9.17, 15) is 8.78 Å². The normalized spacial score (nSPS) is 10.5. The molecule has 0 aliphatic carbocycles. The minimum absolute atomic E-state index is 0.194. The average molecular weight is 152 g/mol. The molecule has 0 aromatic heterocycles. The summed E-state index contributed by atoms with van der Waals surface area (Å²) in [6.45, 7) is 0. The lowest BCUT2D eigenvalue weighted by Gasteiger charge is -1.99. The number of benzene rings is 1. The Morgan fingerprint density at radius 2 is 1.73 bits per heavy atom. The van der Waals surface area contributed by atoms with Crippen molar-refractivity contribution in [2.24, 2.45) is 0 Å².